The van der Waals surface area contributed by atoms with Gasteiger partial charge in [0.05, 0.1) is 12.2 Å². The van der Waals surface area contributed by atoms with Crippen LogP contribution in [0.1, 0.15) is 54.6 Å². The molecule has 2 rings (SSSR count). The molecule has 4 nitrogen and oxygen atoms in total. The molecule has 1 aromatic heterocycles. The van der Waals surface area contributed by atoms with Crippen molar-refractivity contribution < 1.29 is 0 Å². The van der Waals surface area contributed by atoms with E-state index in [9.17, 15) is 0 Å². The molecular formula is C17H28N4S. The van der Waals surface area contributed by atoms with Crippen LogP contribution in [-0.2, 0) is 6.54 Å². The fraction of sp³-hybridized carbons (Fsp3) is 0.647. The molecule has 22 heavy (non-hydrogen) atoms. The molecule has 5 heteroatoms. The van der Waals surface area contributed by atoms with Gasteiger partial charge in [0.15, 0.2) is 5.96 Å². The van der Waals surface area contributed by atoms with Gasteiger partial charge in [-0.3, -0.25) is 0 Å². The van der Waals surface area contributed by atoms with Crippen LogP contribution in [0.4, 0.5) is 0 Å². The lowest BCUT2D eigenvalue weighted by Crippen LogP contribution is -2.37. The van der Waals surface area contributed by atoms with E-state index in [0.717, 1.165) is 36.2 Å². The van der Waals surface area contributed by atoms with Crippen molar-refractivity contribution >= 4 is 17.3 Å². The molecule has 0 aromatic carbocycles. The van der Waals surface area contributed by atoms with E-state index < -0.39 is 0 Å². The Kier molecular flexibility index (Phi) is 6.90. The third-order valence-corrected chi connectivity index (χ3v) is 4.97. The Morgan fingerprint density at radius 2 is 2.18 bits per heavy atom. The molecule has 0 saturated heterocycles. The Labute approximate surface area is 138 Å². The van der Waals surface area contributed by atoms with Gasteiger partial charge in [0.1, 0.15) is 5.01 Å². The molecule has 2 N–H and O–H groups in total. The molecule has 1 aliphatic carbocycles. The van der Waals surface area contributed by atoms with E-state index in [1.54, 1.807) is 16.9 Å². The molecule has 0 unspecified atom stereocenters. The minimum absolute atomic E-state index is 0.650. The van der Waals surface area contributed by atoms with Crippen LogP contribution in [-0.4, -0.2) is 24.0 Å². The number of hydrogen-bond donors (Lipinski definition) is 2. The lowest BCUT2D eigenvalue weighted by Gasteiger charge is -2.14. The van der Waals surface area contributed by atoms with Crippen LogP contribution in [0.15, 0.2) is 16.6 Å². The first-order valence-corrected chi connectivity index (χ1v) is 9.13. The number of rotatable bonds is 6. The molecule has 1 aliphatic rings. The first kappa shape index (κ1) is 17.0. The van der Waals surface area contributed by atoms with Crippen molar-refractivity contribution in [1.82, 2.24) is 15.6 Å². The first-order chi connectivity index (χ1) is 10.7. The SMILES string of the molecule is CCNC(=NCc1nc(C)c(C)s1)NCCC1=CCCCC1. The molecule has 0 atom stereocenters. The average molecular weight is 321 g/mol. The highest BCUT2D eigenvalue weighted by Gasteiger charge is 2.05. The standard InChI is InChI=1S/C17H28N4S/c1-4-18-17(19-11-10-15-8-6-5-7-9-15)20-12-16-21-13(2)14(3)22-16/h8H,4-7,9-12H2,1-3H3,(H2,18,19,20). The van der Waals surface area contributed by atoms with Crippen LogP contribution in [0.2, 0.25) is 0 Å². The van der Waals surface area contributed by atoms with Crippen molar-refractivity contribution in [3.8, 4) is 0 Å². The van der Waals surface area contributed by atoms with Crippen molar-refractivity contribution in [2.24, 2.45) is 4.99 Å². The largest absolute Gasteiger partial charge is 0.357 e. The Balaban J connectivity index is 1.82. The molecule has 0 radical (unpaired) electrons. The van der Waals surface area contributed by atoms with Crippen molar-refractivity contribution in [2.45, 2.75) is 59.4 Å². The summed E-state index contributed by atoms with van der Waals surface area (Å²) >= 11 is 1.74. The van der Waals surface area contributed by atoms with Gasteiger partial charge in [0.25, 0.3) is 0 Å². The third-order valence-electron chi connectivity index (χ3n) is 3.91. The highest BCUT2D eigenvalue weighted by molar-refractivity contribution is 7.11. The van der Waals surface area contributed by atoms with Gasteiger partial charge < -0.3 is 10.6 Å². The number of thiazole rings is 1. The fourth-order valence-corrected chi connectivity index (χ4v) is 3.43. The Morgan fingerprint density at radius 3 is 2.82 bits per heavy atom. The van der Waals surface area contributed by atoms with E-state index in [2.05, 4.69) is 47.5 Å². The van der Waals surface area contributed by atoms with Crippen molar-refractivity contribution in [2.75, 3.05) is 13.1 Å². The topological polar surface area (TPSA) is 49.3 Å². The zero-order chi connectivity index (χ0) is 15.8. The summed E-state index contributed by atoms with van der Waals surface area (Å²) in [6.45, 7) is 8.75. The molecule has 0 fully saturated rings. The number of nitrogens with one attached hydrogen (secondary N) is 2. The van der Waals surface area contributed by atoms with Crippen LogP contribution in [0.5, 0.6) is 0 Å². The number of hydrogen-bond acceptors (Lipinski definition) is 3. The van der Waals surface area contributed by atoms with Gasteiger partial charge in [-0.2, -0.15) is 0 Å². The van der Waals surface area contributed by atoms with Crippen LogP contribution in [0.25, 0.3) is 0 Å². The van der Waals surface area contributed by atoms with Crippen molar-refractivity contribution in [1.29, 1.82) is 0 Å². The van der Waals surface area contributed by atoms with Crippen LogP contribution in [0.3, 0.4) is 0 Å². The van der Waals surface area contributed by atoms with Gasteiger partial charge in [-0.15, -0.1) is 11.3 Å². The lowest BCUT2D eigenvalue weighted by atomic mass is 9.97. The number of aryl methyl sites for hydroxylation is 2. The van der Waals surface area contributed by atoms with E-state index in [1.165, 1.54) is 30.6 Å². The van der Waals surface area contributed by atoms with Crippen LogP contribution < -0.4 is 10.6 Å². The summed E-state index contributed by atoms with van der Waals surface area (Å²) in [5, 5.41) is 7.83. The predicted octanol–water partition coefficient (Wildman–Crippen LogP) is 3.71. The molecule has 1 aromatic rings. The van der Waals surface area contributed by atoms with Gasteiger partial charge in [-0.25, -0.2) is 9.98 Å². The molecule has 122 valence electrons. The number of aromatic nitrogens is 1. The minimum atomic E-state index is 0.650. The molecule has 0 spiro atoms. The molecule has 0 saturated carbocycles. The maximum atomic E-state index is 4.64. The number of guanidine groups is 1. The summed E-state index contributed by atoms with van der Waals surface area (Å²) < 4.78 is 0. The monoisotopic (exact) mass is 320 g/mol. The normalized spacial score (nSPS) is 15.6. The predicted molar refractivity (Wildman–Crippen MR) is 95.6 cm³/mol. The number of nitrogens with zero attached hydrogens (tertiary/aromatic N) is 2. The maximum absolute atomic E-state index is 4.64. The smallest absolute Gasteiger partial charge is 0.191 e. The second-order valence-electron chi connectivity index (χ2n) is 5.73. The van der Waals surface area contributed by atoms with Crippen LogP contribution in [0, 0.1) is 13.8 Å². The van der Waals surface area contributed by atoms with Crippen molar-refractivity contribution in [3.05, 3.63) is 27.2 Å². The summed E-state index contributed by atoms with van der Waals surface area (Å²) in [5.74, 6) is 0.893. The second-order valence-corrected chi connectivity index (χ2v) is 7.02. The molecule has 0 aliphatic heterocycles. The maximum Gasteiger partial charge on any atom is 0.191 e. The fourth-order valence-electron chi connectivity index (χ4n) is 2.57. The van der Waals surface area contributed by atoms with E-state index in [4.69, 9.17) is 0 Å². The lowest BCUT2D eigenvalue weighted by molar-refractivity contribution is 0.665. The average Bonchev–Trinajstić information content (AvgIpc) is 2.84. The molecular weight excluding hydrogens is 292 g/mol. The van der Waals surface area contributed by atoms with E-state index in [1.807, 2.05) is 0 Å². The number of allylic oxidation sites excluding steroid dienone is 1. The summed E-state index contributed by atoms with van der Waals surface area (Å²) in [5.41, 5.74) is 2.72. The van der Waals surface area contributed by atoms with E-state index >= 15 is 0 Å². The van der Waals surface area contributed by atoms with E-state index in [-0.39, 0.29) is 0 Å². The summed E-state index contributed by atoms with van der Waals surface area (Å²) in [6, 6.07) is 0. The second kappa shape index (κ2) is 8.93. The molecule has 1 heterocycles. The third kappa shape index (κ3) is 5.44. The quantitative estimate of drug-likeness (QED) is 0.477. The highest BCUT2D eigenvalue weighted by Crippen LogP contribution is 2.19. The first-order valence-electron chi connectivity index (χ1n) is 8.32. The zero-order valence-corrected chi connectivity index (χ0v) is 14.9. The number of aliphatic imine (C=N–C) groups is 1. The van der Waals surface area contributed by atoms with Gasteiger partial charge in [0.2, 0.25) is 0 Å². The Morgan fingerprint density at radius 1 is 1.32 bits per heavy atom. The Hall–Kier alpha value is -1.36. The van der Waals surface area contributed by atoms with Gasteiger partial charge in [-0.05, 0) is 52.9 Å². The van der Waals surface area contributed by atoms with E-state index in [0.29, 0.717) is 6.54 Å². The summed E-state index contributed by atoms with van der Waals surface area (Å²) in [6.07, 6.45) is 8.77. The molecule has 0 bridgehead atoms. The van der Waals surface area contributed by atoms with Crippen molar-refractivity contribution in [3.63, 3.8) is 0 Å². The van der Waals surface area contributed by atoms with Gasteiger partial charge in [-0.1, -0.05) is 11.6 Å². The Bertz CT molecular complexity index is 511. The van der Waals surface area contributed by atoms with Gasteiger partial charge >= 0.3 is 0 Å². The van der Waals surface area contributed by atoms with Crippen LogP contribution >= 0.6 is 11.3 Å². The summed E-state index contributed by atoms with van der Waals surface area (Å²) in [4.78, 5) is 10.5. The summed E-state index contributed by atoms with van der Waals surface area (Å²) in [7, 11) is 0. The van der Waals surface area contributed by atoms with Gasteiger partial charge in [0, 0.05) is 18.0 Å². The zero-order valence-electron chi connectivity index (χ0n) is 14.0. The minimum Gasteiger partial charge on any atom is -0.357 e. The highest BCUT2D eigenvalue weighted by atomic mass is 32.1. The molecule has 0 amide bonds.